The van der Waals surface area contributed by atoms with Gasteiger partial charge in [-0.1, -0.05) is 44.0 Å². The van der Waals surface area contributed by atoms with E-state index in [1.165, 1.54) is 12.8 Å². The largest absolute Gasteiger partial charge is 0.361 e. The molecule has 0 spiro atoms. The van der Waals surface area contributed by atoms with Crippen LogP contribution in [0, 0.1) is 13.8 Å². The first-order valence-electron chi connectivity index (χ1n) is 9.01. The molecular formula is C20H28N2O2S. The summed E-state index contributed by atoms with van der Waals surface area (Å²) >= 11 is 0. The minimum atomic E-state index is -2.53. The first kappa shape index (κ1) is 18.2. The van der Waals surface area contributed by atoms with Gasteiger partial charge in [0.05, 0.1) is 15.4 Å². The van der Waals surface area contributed by atoms with E-state index >= 15 is 0 Å². The van der Waals surface area contributed by atoms with Crippen LogP contribution in [0.25, 0.3) is 11.1 Å². The van der Waals surface area contributed by atoms with Gasteiger partial charge in [-0.2, -0.15) is 0 Å². The Morgan fingerprint density at radius 3 is 2.60 bits per heavy atom. The second kappa shape index (κ2) is 6.96. The fourth-order valence-corrected chi connectivity index (χ4v) is 5.43. The highest BCUT2D eigenvalue weighted by atomic mass is 32.2. The maximum absolute atomic E-state index is 13.3. The lowest BCUT2D eigenvalue weighted by atomic mass is 9.97. The fourth-order valence-electron chi connectivity index (χ4n) is 3.62. The van der Waals surface area contributed by atoms with Crippen LogP contribution in [-0.2, 0) is 9.71 Å². The lowest BCUT2D eigenvalue weighted by Gasteiger charge is -2.19. The van der Waals surface area contributed by atoms with Gasteiger partial charge >= 0.3 is 0 Å². The van der Waals surface area contributed by atoms with Gasteiger partial charge in [0, 0.05) is 16.5 Å². The standard InChI is InChI=1S/C20H28N2O2S/c1-13(2)20-19(15(4)24-21-20)16-11-10-14(3)18(12-16)25(5,23)22-17-8-6-7-9-17/h10-13,17H,5-9H2,1-4H3,(H,22,23). The average Bonchev–Trinajstić information content (AvgIpc) is 3.17. The van der Waals surface area contributed by atoms with Gasteiger partial charge in [-0.15, -0.1) is 0 Å². The quantitative estimate of drug-likeness (QED) is 0.793. The molecule has 3 rings (SSSR count). The molecule has 0 bridgehead atoms. The first-order valence-corrected chi connectivity index (χ1v) is 10.7. The highest BCUT2D eigenvalue weighted by Gasteiger charge is 2.22. The molecule has 2 aromatic rings. The molecule has 4 nitrogen and oxygen atoms in total. The van der Waals surface area contributed by atoms with E-state index in [9.17, 15) is 4.21 Å². The van der Waals surface area contributed by atoms with Gasteiger partial charge < -0.3 is 4.52 Å². The van der Waals surface area contributed by atoms with E-state index in [-0.39, 0.29) is 5.92 Å². The van der Waals surface area contributed by atoms with Crippen molar-refractivity contribution in [3.05, 3.63) is 35.2 Å². The van der Waals surface area contributed by atoms with Gasteiger partial charge in [0.25, 0.3) is 0 Å². The van der Waals surface area contributed by atoms with Crippen molar-refractivity contribution in [3.8, 4) is 11.1 Å². The van der Waals surface area contributed by atoms with E-state index < -0.39 is 9.71 Å². The Bertz CT molecular complexity index is 860. The molecule has 1 aromatic carbocycles. The van der Waals surface area contributed by atoms with Crippen molar-refractivity contribution in [2.75, 3.05) is 0 Å². The summed E-state index contributed by atoms with van der Waals surface area (Å²) in [5.74, 6) is 5.10. The number of hydrogen-bond acceptors (Lipinski definition) is 3. The summed E-state index contributed by atoms with van der Waals surface area (Å²) in [4.78, 5) is 0.784. The van der Waals surface area contributed by atoms with Crippen LogP contribution in [0.5, 0.6) is 0 Å². The summed E-state index contributed by atoms with van der Waals surface area (Å²) in [7, 11) is -2.53. The van der Waals surface area contributed by atoms with Crippen molar-refractivity contribution >= 4 is 15.6 Å². The van der Waals surface area contributed by atoms with E-state index in [1.54, 1.807) is 0 Å². The minimum Gasteiger partial charge on any atom is -0.361 e. The zero-order chi connectivity index (χ0) is 18.2. The van der Waals surface area contributed by atoms with E-state index in [2.05, 4.69) is 35.7 Å². The Morgan fingerprint density at radius 2 is 1.96 bits per heavy atom. The van der Waals surface area contributed by atoms with E-state index in [0.29, 0.717) is 6.04 Å². The molecule has 1 N–H and O–H groups in total. The highest BCUT2D eigenvalue weighted by Crippen LogP contribution is 2.34. The third kappa shape index (κ3) is 3.67. The maximum atomic E-state index is 13.3. The van der Waals surface area contributed by atoms with E-state index in [1.807, 2.05) is 26.0 Å². The molecule has 0 saturated heterocycles. The van der Waals surface area contributed by atoms with E-state index in [0.717, 1.165) is 45.9 Å². The maximum Gasteiger partial charge on any atom is 0.141 e. The number of nitrogens with zero attached hydrogens (tertiary/aromatic N) is 1. The van der Waals surface area contributed by atoms with Crippen molar-refractivity contribution in [1.82, 2.24) is 9.88 Å². The molecule has 1 aliphatic rings. The first-order chi connectivity index (χ1) is 11.8. The lowest BCUT2D eigenvalue weighted by Crippen LogP contribution is -2.32. The lowest BCUT2D eigenvalue weighted by molar-refractivity contribution is 0.388. The molecule has 136 valence electrons. The monoisotopic (exact) mass is 360 g/mol. The van der Waals surface area contributed by atoms with Gasteiger partial charge in [0.1, 0.15) is 5.76 Å². The summed E-state index contributed by atoms with van der Waals surface area (Å²) in [6.07, 6.45) is 4.55. The van der Waals surface area contributed by atoms with Crippen molar-refractivity contribution in [2.24, 2.45) is 0 Å². The molecule has 0 amide bonds. The molecule has 1 atom stereocenters. The Hall–Kier alpha value is -1.59. The van der Waals surface area contributed by atoms with Crippen molar-refractivity contribution in [2.45, 2.75) is 70.2 Å². The Kier molecular flexibility index (Phi) is 5.07. The van der Waals surface area contributed by atoms with Crippen LogP contribution in [0.4, 0.5) is 0 Å². The normalized spacial score (nSPS) is 18.0. The second-order valence-electron chi connectivity index (χ2n) is 7.41. The topological polar surface area (TPSA) is 55.1 Å². The molecule has 0 radical (unpaired) electrons. The third-order valence-electron chi connectivity index (χ3n) is 4.98. The van der Waals surface area contributed by atoms with Crippen LogP contribution in [0.1, 0.15) is 62.5 Å². The van der Waals surface area contributed by atoms with Crippen LogP contribution < -0.4 is 4.72 Å². The molecular weight excluding hydrogens is 332 g/mol. The van der Waals surface area contributed by atoms with Gasteiger partial charge in [-0.3, -0.25) is 0 Å². The Labute approximate surface area is 151 Å². The molecule has 1 unspecified atom stereocenters. The number of rotatable bonds is 5. The van der Waals surface area contributed by atoms with Crippen molar-refractivity contribution in [3.63, 3.8) is 0 Å². The third-order valence-corrected chi connectivity index (χ3v) is 6.84. The molecule has 0 aliphatic heterocycles. The predicted molar refractivity (Wildman–Crippen MR) is 104 cm³/mol. The van der Waals surface area contributed by atoms with Crippen LogP contribution in [-0.4, -0.2) is 21.3 Å². The number of aryl methyl sites for hydroxylation is 2. The van der Waals surface area contributed by atoms with E-state index in [4.69, 9.17) is 4.52 Å². The van der Waals surface area contributed by atoms with Crippen molar-refractivity contribution < 1.29 is 8.73 Å². The van der Waals surface area contributed by atoms with Crippen LogP contribution >= 0.6 is 0 Å². The molecule has 5 heteroatoms. The summed E-state index contributed by atoms with van der Waals surface area (Å²) in [6, 6.07) is 6.37. The molecule has 1 fully saturated rings. The molecule has 1 saturated carbocycles. The molecule has 1 aliphatic carbocycles. The SMILES string of the molecule is C=S(=O)(NC1CCCC1)c1cc(-c2c(C(C)C)noc2C)ccc1C. The minimum absolute atomic E-state index is 0.262. The number of aromatic nitrogens is 1. The molecule has 1 heterocycles. The van der Waals surface area contributed by atoms with Crippen molar-refractivity contribution in [1.29, 1.82) is 0 Å². The van der Waals surface area contributed by atoms with Gasteiger partial charge in [0.15, 0.2) is 0 Å². The molecule has 25 heavy (non-hydrogen) atoms. The van der Waals surface area contributed by atoms with Crippen LogP contribution in [0.2, 0.25) is 0 Å². The Morgan fingerprint density at radius 1 is 1.28 bits per heavy atom. The summed E-state index contributed by atoms with van der Waals surface area (Å²) in [5.41, 5.74) is 3.93. The average molecular weight is 361 g/mol. The van der Waals surface area contributed by atoms with Crippen LogP contribution in [0.15, 0.2) is 27.6 Å². The highest BCUT2D eigenvalue weighted by molar-refractivity contribution is 7.98. The second-order valence-corrected chi connectivity index (χ2v) is 9.43. The zero-order valence-electron chi connectivity index (χ0n) is 15.6. The summed E-state index contributed by atoms with van der Waals surface area (Å²) in [6.45, 7) is 8.11. The number of benzene rings is 1. The zero-order valence-corrected chi connectivity index (χ0v) is 16.4. The number of hydrogen-bond donors (Lipinski definition) is 1. The Balaban J connectivity index is 2.03. The van der Waals surface area contributed by atoms with Gasteiger partial charge in [0.2, 0.25) is 0 Å². The smallest absolute Gasteiger partial charge is 0.141 e. The molecule has 1 aromatic heterocycles. The summed E-state index contributed by atoms with van der Waals surface area (Å²) < 4.78 is 22.1. The van der Waals surface area contributed by atoms with Gasteiger partial charge in [-0.05, 0) is 55.7 Å². The van der Waals surface area contributed by atoms with Crippen LogP contribution in [0.3, 0.4) is 0 Å². The fraction of sp³-hybridized carbons (Fsp3) is 0.500. The predicted octanol–water partition coefficient (Wildman–Crippen LogP) is 4.60. The number of nitrogens with one attached hydrogen (secondary N) is 1. The summed E-state index contributed by atoms with van der Waals surface area (Å²) in [5, 5.41) is 4.21. The van der Waals surface area contributed by atoms with Gasteiger partial charge in [-0.25, -0.2) is 8.93 Å².